The van der Waals surface area contributed by atoms with Gasteiger partial charge < -0.3 is 10.5 Å². The van der Waals surface area contributed by atoms with Crippen molar-refractivity contribution in [3.63, 3.8) is 0 Å². The molecule has 0 fully saturated rings. The van der Waals surface area contributed by atoms with Crippen molar-refractivity contribution in [3.05, 3.63) is 67.1 Å². The third kappa shape index (κ3) is 12.3. The van der Waals surface area contributed by atoms with E-state index in [9.17, 15) is 0 Å². The second-order valence-corrected chi connectivity index (χ2v) is 4.90. The molecular formula is C23H38N2O. The predicted molar refractivity (Wildman–Crippen MR) is 118 cm³/mol. The molecule has 0 aromatic carbocycles. The highest BCUT2D eigenvalue weighted by molar-refractivity contribution is 5.73. The highest BCUT2D eigenvalue weighted by Crippen LogP contribution is 2.16. The van der Waals surface area contributed by atoms with Crippen LogP contribution in [0.4, 0.5) is 5.69 Å². The molecule has 0 saturated heterocycles. The molecule has 146 valence electrons. The van der Waals surface area contributed by atoms with Crippen LogP contribution >= 0.6 is 0 Å². The Bertz CT molecular complexity index is 528. The maximum absolute atomic E-state index is 5.66. The molecule has 1 heterocycles. The molecular weight excluding hydrogens is 320 g/mol. The van der Waals surface area contributed by atoms with E-state index < -0.39 is 0 Å². The van der Waals surface area contributed by atoms with Crippen LogP contribution in [0.5, 0.6) is 0 Å². The molecule has 3 nitrogen and oxygen atoms in total. The van der Waals surface area contributed by atoms with E-state index in [2.05, 4.69) is 24.2 Å². The molecule has 0 radical (unpaired) electrons. The number of aromatic nitrogens is 1. The Balaban J connectivity index is 0. The van der Waals surface area contributed by atoms with Crippen molar-refractivity contribution in [3.8, 4) is 0 Å². The lowest BCUT2D eigenvalue weighted by Crippen LogP contribution is -1.93. The van der Waals surface area contributed by atoms with E-state index in [1.165, 1.54) is 5.57 Å². The van der Waals surface area contributed by atoms with Gasteiger partial charge in [-0.25, -0.2) is 0 Å². The smallest absolute Gasteiger partial charge is 0.0703 e. The summed E-state index contributed by atoms with van der Waals surface area (Å²) in [5.74, 6) is 0. The summed E-state index contributed by atoms with van der Waals surface area (Å²) in [6.07, 6.45) is 12.6. The second kappa shape index (κ2) is 19.2. The summed E-state index contributed by atoms with van der Waals surface area (Å²) in [6.45, 7) is 19.3. The topological polar surface area (TPSA) is 48.1 Å². The standard InChI is InChI=1S/C19H26N2O.2C2H6/c1-4-16(9-7-8-14-22-6-3)10-11-17(5-2)19-13-12-18(20)15-21-19;2*1-2/h4-5,10-13,15H,1-2,6-9,14,20H2,3H3;2*1-2H3/b16-10+,17-11+;;. The van der Waals surface area contributed by atoms with Gasteiger partial charge in [0.2, 0.25) is 0 Å². The molecule has 2 N–H and O–H groups in total. The lowest BCUT2D eigenvalue weighted by atomic mass is 10.1. The average Bonchev–Trinajstić information content (AvgIpc) is 2.71. The monoisotopic (exact) mass is 358 g/mol. The third-order valence-electron chi connectivity index (χ3n) is 3.25. The van der Waals surface area contributed by atoms with E-state index in [1.807, 2.05) is 58.9 Å². The fraction of sp³-hybridized carbons (Fsp3) is 0.435. The normalized spacial score (nSPS) is 10.8. The SMILES string of the molecule is C=C/C(=C\C=C(/C=C)c1ccc(N)cn1)CCCCOCC.CC.CC. The number of nitrogen functional groups attached to an aromatic ring is 1. The van der Waals surface area contributed by atoms with Crippen LogP contribution in [-0.4, -0.2) is 18.2 Å². The summed E-state index contributed by atoms with van der Waals surface area (Å²) >= 11 is 0. The number of nitrogens with two attached hydrogens (primary N) is 1. The van der Waals surface area contributed by atoms with Crippen LogP contribution < -0.4 is 5.73 Å². The Hall–Kier alpha value is -2.13. The van der Waals surface area contributed by atoms with Crippen LogP contribution in [0.1, 0.15) is 59.6 Å². The van der Waals surface area contributed by atoms with E-state index in [-0.39, 0.29) is 0 Å². The Kier molecular flexibility index (Phi) is 19.3. The van der Waals surface area contributed by atoms with Gasteiger partial charge in [-0.05, 0) is 49.5 Å². The molecule has 0 aliphatic heterocycles. The summed E-state index contributed by atoms with van der Waals surface area (Å²) in [6, 6.07) is 3.73. The fourth-order valence-electron chi connectivity index (χ4n) is 1.96. The van der Waals surface area contributed by atoms with Crippen LogP contribution in [0.25, 0.3) is 5.57 Å². The van der Waals surface area contributed by atoms with Crippen molar-refractivity contribution < 1.29 is 4.74 Å². The van der Waals surface area contributed by atoms with Gasteiger partial charge in [-0.2, -0.15) is 0 Å². The lowest BCUT2D eigenvalue weighted by molar-refractivity contribution is 0.143. The van der Waals surface area contributed by atoms with Crippen molar-refractivity contribution in [2.75, 3.05) is 18.9 Å². The van der Waals surface area contributed by atoms with E-state index >= 15 is 0 Å². The van der Waals surface area contributed by atoms with Crippen molar-refractivity contribution in [2.45, 2.75) is 53.9 Å². The Labute approximate surface area is 161 Å². The van der Waals surface area contributed by atoms with Gasteiger partial charge in [-0.3, -0.25) is 4.98 Å². The number of rotatable bonds is 10. The van der Waals surface area contributed by atoms with Crippen LogP contribution in [0.3, 0.4) is 0 Å². The summed E-state index contributed by atoms with van der Waals surface area (Å²) in [4.78, 5) is 4.31. The van der Waals surface area contributed by atoms with Gasteiger partial charge in [0.05, 0.1) is 17.6 Å². The molecule has 0 bridgehead atoms. The Morgan fingerprint density at radius 3 is 2.27 bits per heavy atom. The largest absolute Gasteiger partial charge is 0.397 e. The van der Waals surface area contributed by atoms with Crippen molar-refractivity contribution in [1.82, 2.24) is 4.98 Å². The first-order chi connectivity index (χ1) is 12.7. The molecule has 0 aliphatic rings. The molecule has 0 unspecified atom stereocenters. The van der Waals surface area contributed by atoms with E-state index in [1.54, 1.807) is 12.3 Å². The van der Waals surface area contributed by atoms with E-state index in [4.69, 9.17) is 10.5 Å². The van der Waals surface area contributed by atoms with Crippen LogP contribution in [0, 0.1) is 0 Å². The maximum atomic E-state index is 5.66. The van der Waals surface area contributed by atoms with Crippen LogP contribution in [0.15, 0.2) is 61.4 Å². The molecule has 1 aromatic heterocycles. The van der Waals surface area contributed by atoms with Gasteiger partial charge in [-0.1, -0.05) is 65.2 Å². The van der Waals surface area contributed by atoms with Crippen LogP contribution in [-0.2, 0) is 4.74 Å². The van der Waals surface area contributed by atoms with Crippen molar-refractivity contribution >= 4 is 11.3 Å². The molecule has 1 rings (SSSR count). The molecule has 0 aliphatic carbocycles. The first-order valence-electron chi connectivity index (χ1n) is 9.66. The minimum atomic E-state index is 0.656. The zero-order valence-corrected chi connectivity index (χ0v) is 17.4. The number of pyridine rings is 1. The predicted octanol–water partition coefficient (Wildman–Crippen LogP) is 6.60. The number of ether oxygens (including phenoxy) is 1. The van der Waals surface area contributed by atoms with Gasteiger partial charge in [0, 0.05) is 13.2 Å². The van der Waals surface area contributed by atoms with E-state index in [0.717, 1.165) is 43.7 Å². The number of allylic oxidation sites excluding steroid dienone is 6. The first-order valence-corrected chi connectivity index (χ1v) is 9.66. The molecule has 26 heavy (non-hydrogen) atoms. The zero-order chi connectivity index (χ0) is 20.2. The van der Waals surface area contributed by atoms with Gasteiger partial charge >= 0.3 is 0 Å². The molecule has 3 heteroatoms. The number of anilines is 1. The number of hydrogen-bond acceptors (Lipinski definition) is 3. The second-order valence-electron chi connectivity index (χ2n) is 4.90. The van der Waals surface area contributed by atoms with Crippen LogP contribution in [0.2, 0.25) is 0 Å². The van der Waals surface area contributed by atoms with Gasteiger partial charge in [0.15, 0.2) is 0 Å². The minimum Gasteiger partial charge on any atom is -0.397 e. The Morgan fingerprint density at radius 1 is 1.08 bits per heavy atom. The third-order valence-corrected chi connectivity index (χ3v) is 3.25. The summed E-state index contributed by atoms with van der Waals surface area (Å²) in [7, 11) is 0. The zero-order valence-electron chi connectivity index (χ0n) is 17.4. The van der Waals surface area contributed by atoms with E-state index in [0.29, 0.717) is 5.69 Å². The minimum absolute atomic E-state index is 0.656. The molecule has 0 atom stereocenters. The molecule has 0 saturated carbocycles. The Morgan fingerprint density at radius 2 is 1.77 bits per heavy atom. The summed E-state index contributed by atoms with van der Waals surface area (Å²) in [5, 5.41) is 0. The van der Waals surface area contributed by atoms with Crippen molar-refractivity contribution in [2.24, 2.45) is 0 Å². The first kappa shape index (κ1) is 26.1. The summed E-state index contributed by atoms with van der Waals surface area (Å²) < 4.78 is 5.34. The summed E-state index contributed by atoms with van der Waals surface area (Å²) in [5.41, 5.74) is 9.34. The van der Waals surface area contributed by atoms with Gasteiger partial charge in [-0.15, -0.1) is 0 Å². The highest BCUT2D eigenvalue weighted by Gasteiger charge is 1.98. The highest BCUT2D eigenvalue weighted by atomic mass is 16.5. The number of nitrogens with zero attached hydrogens (tertiary/aromatic N) is 1. The fourth-order valence-corrected chi connectivity index (χ4v) is 1.96. The average molecular weight is 359 g/mol. The number of hydrogen-bond donors (Lipinski definition) is 1. The maximum Gasteiger partial charge on any atom is 0.0703 e. The van der Waals surface area contributed by atoms with Gasteiger partial charge in [0.25, 0.3) is 0 Å². The molecule has 0 spiro atoms. The quantitative estimate of drug-likeness (QED) is 0.378. The van der Waals surface area contributed by atoms with Gasteiger partial charge in [0.1, 0.15) is 0 Å². The number of unbranched alkanes of at least 4 members (excludes halogenated alkanes) is 1. The molecule has 0 amide bonds. The van der Waals surface area contributed by atoms with Crippen molar-refractivity contribution in [1.29, 1.82) is 0 Å². The lowest BCUT2D eigenvalue weighted by Gasteiger charge is -2.04. The molecule has 1 aromatic rings.